The Bertz CT molecular complexity index is 753. The maximum absolute atomic E-state index is 12.9. The van der Waals surface area contributed by atoms with Crippen LogP contribution in [0.4, 0.5) is 24.9 Å². The molecule has 1 aromatic rings. The van der Waals surface area contributed by atoms with Gasteiger partial charge in [0.1, 0.15) is 5.82 Å². The van der Waals surface area contributed by atoms with Crippen molar-refractivity contribution in [3.05, 3.63) is 11.8 Å². The van der Waals surface area contributed by atoms with E-state index in [0.717, 1.165) is 0 Å². The molecule has 3 aliphatic rings. The van der Waals surface area contributed by atoms with Crippen molar-refractivity contribution in [1.82, 2.24) is 9.97 Å². The van der Waals surface area contributed by atoms with Crippen LogP contribution in [0.15, 0.2) is 6.07 Å². The minimum Gasteiger partial charge on any atom is -0.389 e. The Morgan fingerprint density at radius 3 is 2.44 bits per heavy atom. The fraction of sp³-hybridized carbons (Fsp3) is 0.750. The number of nitrogens with zero attached hydrogens (tertiary/aromatic N) is 4. The molecule has 2 aliphatic heterocycles. The minimum atomic E-state index is -4.37. The van der Waals surface area contributed by atoms with Crippen LogP contribution in [0.2, 0.25) is 0 Å². The lowest BCUT2D eigenvalue weighted by atomic mass is 10.0. The van der Waals surface area contributed by atoms with E-state index in [0.29, 0.717) is 25.5 Å². The Kier molecular flexibility index (Phi) is 4.59. The summed E-state index contributed by atoms with van der Waals surface area (Å²) in [7, 11) is 0. The molecule has 0 radical (unpaired) electrons. The predicted molar refractivity (Wildman–Crippen MR) is 92.9 cm³/mol. The highest BCUT2D eigenvalue weighted by molar-refractivity contribution is 7.79. The summed E-state index contributed by atoms with van der Waals surface area (Å²) in [6.45, 7) is 3.31. The summed E-state index contributed by atoms with van der Waals surface area (Å²) in [5, 5.41) is 9.69. The molecule has 6 atom stereocenters. The average Bonchev–Trinajstić information content (AvgIpc) is 3.00. The number of hydrogen-bond acceptors (Lipinski definition) is 6. The van der Waals surface area contributed by atoms with Gasteiger partial charge in [0, 0.05) is 25.7 Å². The first-order valence-electron chi connectivity index (χ1n) is 8.84. The van der Waals surface area contributed by atoms with Gasteiger partial charge in [-0.2, -0.15) is 18.2 Å². The minimum absolute atomic E-state index is 0.0929. The molecule has 0 bridgehead atoms. The molecule has 3 fully saturated rings. The second-order valence-corrected chi connectivity index (χ2v) is 8.63. The molecule has 2 saturated heterocycles. The standard InChI is InChI=1S/C16H21F3N4O3S/c1-8-13(24)6-23(8)15-20-9(3-16(17,18)19)2-14(21-15)22-4-10-11(5-22)12(10)7-27(25)26/h2,8,10-13,24H,3-7H2,1H3,(H,25,26)/t8-,10-,11+,12?,13+/m0/s1. The van der Waals surface area contributed by atoms with Gasteiger partial charge in [0.15, 0.2) is 11.1 Å². The number of fused-ring (bicyclic) bond motifs is 1. The van der Waals surface area contributed by atoms with Crippen molar-refractivity contribution in [1.29, 1.82) is 0 Å². The lowest BCUT2D eigenvalue weighted by Crippen LogP contribution is -2.59. The van der Waals surface area contributed by atoms with Gasteiger partial charge >= 0.3 is 6.18 Å². The first-order chi connectivity index (χ1) is 12.6. The molecule has 3 heterocycles. The van der Waals surface area contributed by atoms with Crippen molar-refractivity contribution in [2.45, 2.75) is 31.7 Å². The zero-order valence-corrected chi connectivity index (χ0v) is 15.4. The molecule has 4 rings (SSSR count). The van der Waals surface area contributed by atoms with E-state index in [1.807, 2.05) is 4.90 Å². The molecule has 0 spiro atoms. The van der Waals surface area contributed by atoms with Gasteiger partial charge in [-0.15, -0.1) is 0 Å². The maximum atomic E-state index is 12.9. The molecule has 0 amide bonds. The van der Waals surface area contributed by atoms with E-state index < -0.39 is 29.8 Å². The molecular formula is C16H21F3N4O3S. The van der Waals surface area contributed by atoms with Gasteiger partial charge in [-0.1, -0.05) is 0 Å². The first-order valence-corrected chi connectivity index (χ1v) is 10.1. The van der Waals surface area contributed by atoms with Crippen LogP contribution in [0, 0.1) is 17.8 Å². The summed E-state index contributed by atoms with van der Waals surface area (Å²) in [5.74, 6) is 1.68. The van der Waals surface area contributed by atoms with Crippen LogP contribution in [0.5, 0.6) is 0 Å². The number of halogens is 3. The van der Waals surface area contributed by atoms with Gasteiger partial charge in [-0.25, -0.2) is 9.19 Å². The van der Waals surface area contributed by atoms with Crippen LogP contribution in [-0.2, 0) is 17.5 Å². The molecule has 0 aromatic carbocycles. The second-order valence-electron chi connectivity index (χ2n) is 7.65. The summed E-state index contributed by atoms with van der Waals surface area (Å²) >= 11 is -1.82. The fourth-order valence-electron chi connectivity index (χ4n) is 4.16. The zero-order chi connectivity index (χ0) is 19.5. The van der Waals surface area contributed by atoms with E-state index in [-0.39, 0.29) is 41.2 Å². The molecule has 27 heavy (non-hydrogen) atoms. The molecule has 7 nitrogen and oxygen atoms in total. The number of anilines is 2. The van der Waals surface area contributed by atoms with E-state index in [1.165, 1.54) is 6.07 Å². The van der Waals surface area contributed by atoms with Crippen LogP contribution in [-0.4, -0.2) is 67.5 Å². The number of β-amino-alcohol motifs (C(OH)–C–C–N with tert-alkyl or cyclic N) is 1. The van der Waals surface area contributed by atoms with Gasteiger partial charge in [0.05, 0.1) is 30.0 Å². The number of rotatable bonds is 5. The number of aromatic nitrogens is 2. The highest BCUT2D eigenvalue weighted by atomic mass is 32.2. The van der Waals surface area contributed by atoms with Crippen LogP contribution in [0.3, 0.4) is 0 Å². The average molecular weight is 406 g/mol. The van der Waals surface area contributed by atoms with Crippen LogP contribution in [0.25, 0.3) is 0 Å². The van der Waals surface area contributed by atoms with Gasteiger partial charge < -0.3 is 19.5 Å². The topological polar surface area (TPSA) is 89.8 Å². The van der Waals surface area contributed by atoms with E-state index in [2.05, 4.69) is 9.97 Å². The third-order valence-electron chi connectivity index (χ3n) is 5.85. The Labute approximate surface area is 156 Å². The number of aliphatic hydroxyl groups excluding tert-OH is 1. The van der Waals surface area contributed by atoms with Gasteiger partial charge in [0.25, 0.3) is 0 Å². The summed E-state index contributed by atoms with van der Waals surface area (Å²) < 4.78 is 58.6. The largest absolute Gasteiger partial charge is 0.394 e. The number of aliphatic hydroxyl groups is 1. The highest BCUT2D eigenvalue weighted by Gasteiger charge is 2.56. The molecular weight excluding hydrogens is 385 g/mol. The van der Waals surface area contributed by atoms with Crippen molar-refractivity contribution in [2.75, 3.05) is 35.2 Å². The van der Waals surface area contributed by atoms with Crippen LogP contribution in [0.1, 0.15) is 12.6 Å². The quantitative estimate of drug-likeness (QED) is 0.707. The second kappa shape index (κ2) is 6.56. The third kappa shape index (κ3) is 3.77. The molecule has 11 heteroatoms. The van der Waals surface area contributed by atoms with Crippen molar-refractivity contribution in [2.24, 2.45) is 17.8 Å². The summed E-state index contributed by atoms with van der Waals surface area (Å²) in [6.07, 6.45) is -6.04. The predicted octanol–water partition coefficient (Wildman–Crippen LogP) is 1.05. The van der Waals surface area contributed by atoms with Crippen molar-refractivity contribution >= 4 is 22.8 Å². The highest BCUT2D eigenvalue weighted by Crippen LogP contribution is 2.52. The molecule has 2 N–H and O–H groups in total. The molecule has 1 aliphatic carbocycles. The fourth-order valence-corrected chi connectivity index (χ4v) is 4.98. The number of piperidine rings is 1. The lowest BCUT2D eigenvalue weighted by molar-refractivity contribution is -0.127. The van der Waals surface area contributed by atoms with Gasteiger partial charge in [-0.05, 0) is 24.7 Å². The Hall–Kier alpha value is -1.46. The SMILES string of the molecule is C[C@H]1[C@H](O)CN1c1nc(CC(F)(F)F)cc(N2C[C@@H]3C(CS(=O)O)[C@@H]3C2)n1. The molecule has 150 valence electrons. The van der Waals surface area contributed by atoms with Crippen molar-refractivity contribution < 1.29 is 27.0 Å². The third-order valence-corrected chi connectivity index (χ3v) is 6.52. The lowest BCUT2D eigenvalue weighted by Gasteiger charge is -2.43. The monoisotopic (exact) mass is 406 g/mol. The Morgan fingerprint density at radius 1 is 1.26 bits per heavy atom. The number of alkyl halides is 3. The summed E-state index contributed by atoms with van der Waals surface area (Å²) in [4.78, 5) is 12.1. The normalized spacial score (nSPS) is 33.6. The van der Waals surface area contributed by atoms with E-state index in [1.54, 1.807) is 11.8 Å². The smallest absolute Gasteiger partial charge is 0.389 e. The van der Waals surface area contributed by atoms with Gasteiger partial charge in [0.2, 0.25) is 5.95 Å². The summed E-state index contributed by atoms with van der Waals surface area (Å²) in [6, 6.07) is 1.14. The molecule has 2 unspecified atom stereocenters. The van der Waals surface area contributed by atoms with E-state index in [9.17, 15) is 22.5 Å². The maximum Gasteiger partial charge on any atom is 0.394 e. The van der Waals surface area contributed by atoms with Gasteiger partial charge in [-0.3, -0.25) is 0 Å². The van der Waals surface area contributed by atoms with E-state index >= 15 is 0 Å². The number of hydrogen-bond donors (Lipinski definition) is 2. The van der Waals surface area contributed by atoms with Crippen molar-refractivity contribution in [3.8, 4) is 0 Å². The first kappa shape index (κ1) is 18.9. The Balaban J connectivity index is 1.54. The van der Waals surface area contributed by atoms with E-state index in [4.69, 9.17) is 4.55 Å². The molecule has 1 aromatic heterocycles. The zero-order valence-electron chi connectivity index (χ0n) is 14.6. The van der Waals surface area contributed by atoms with Crippen molar-refractivity contribution in [3.63, 3.8) is 0 Å². The Morgan fingerprint density at radius 2 is 1.93 bits per heavy atom. The summed E-state index contributed by atoms with van der Waals surface area (Å²) in [5.41, 5.74) is -0.0929. The van der Waals surface area contributed by atoms with Crippen LogP contribution < -0.4 is 9.80 Å². The van der Waals surface area contributed by atoms with Crippen LogP contribution >= 0.6 is 0 Å². The molecule has 1 saturated carbocycles.